The van der Waals surface area contributed by atoms with Gasteiger partial charge >= 0.3 is 0 Å². The first-order valence-electron chi connectivity index (χ1n) is 10.1. The second kappa shape index (κ2) is 8.85. The van der Waals surface area contributed by atoms with Crippen LogP contribution in [0.5, 0.6) is 11.5 Å². The average Bonchev–Trinajstić information content (AvgIpc) is 3.50. The number of ether oxygens (including phenoxy) is 1. The van der Waals surface area contributed by atoms with Crippen molar-refractivity contribution in [2.75, 3.05) is 4.90 Å². The molecule has 1 saturated heterocycles. The monoisotopic (exact) mass is 471 g/mol. The van der Waals surface area contributed by atoms with Gasteiger partial charge in [-0.3, -0.25) is 19.8 Å². The molecule has 1 aliphatic heterocycles. The summed E-state index contributed by atoms with van der Waals surface area (Å²) in [7, 11) is 0. The predicted molar refractivity (Wildman–Crippen MR) is 133 cm³/mol. The lowest BCUT2D eigenvalue weighted by Gasteiger charge is -2.29. The summed E-state index contributed by atoms with van der Waals surface area (Å²) in [5, 5.41) is 4.58. The van der Waals surface area contributed by atoms with Crippen LogP contribution in [0.3, 0.4) is 0 Å². The summed E-state index contributed by atoms with van der Waals surface area (Å²) >= 11 is 6.75. The summed E-state index contributed by atoms with van der Waals surface area (Å²) in [4.78, 5) is 28.1. The summed E-state index contributed by atoms with van der Waals surface area (Å²) in [5.41, 5.74) is 1.44. The van der Waals surface area contributed by atoms with Gasteiger partial charge in [-0.15, -0.1) is 11.3 Å². The second-order valence-corrected chi connectivity index (χ2v) is 8.46. The number of para-hydroxylation sites is 1. The maximum atomic E-state index is 13.3. The predicted octanol–water partition coefficient (Wildman–Crippen LogP) is 5.16. The van der Waals surface area contributed by atoms with Crippen LogP contribution in [0.4, 0.5) is 5.69 Å². The third kappa shape index (κ3) is 4.21. The molecule has 1 fully saturated rings. The Bertz CT molecular complexity index is 1360. The molecule has 0 atom stereocenters. The van der Waals surface area contributed by atoms with Crippen LogP contribution in [-0.2, 0) is 9.59 Å². The van der Waals surface area contributed by atoms with Crippen molar-refractivity contribution in [1.82, 2.24) is 9.88 Å². The number of aromatic nitrogens is 1. The van der Waals surface area contributed by atoms with E-state index >= 15 is 0 Å². The van der Waals surface area contributed by atoms with E-state index in [0.717, 1.165) is 10.6 Å². The first kappa shape index (κ1) is 20.9. The zero-order valence-corrected chi connectivity index (χ0v) is 18.8. The molecule has 2 aromatic carbocycles. The van der Waals surface area contributed by atoms with Gasteiger partial charge < -0.3 is 9.30 Å². The van der Waals surface area contributed by atoms with E-state index in [9.17, 15) is 9.59 Å². The summed E-state index contributed by atoms with van der Waals surface area (Å²) in [6, 6.07) is 22.1. The molecule has 0 unspecified atom stereocenters. The first-order valence-corrected chi connectivity index (χ1v) is 11.3. The minimum absolute atomic E-state index is 0.0177. The highest BCUT2D eigenvalue weighted by Gasteiger charge is 2.34. The van der Waals surface area contributed by atoms with E-state index in [0.29, 0.717) is 17.2 Å². The van der Waals surface area contributed by atoms with Gasteiger partial charge in [-0.2, -0.15) is 0 Å². The number of anilines is 1. The minimum Gasteiger partial charge on any atom is -0.457 e. The Balaban J connectivity index is 1.43. The number of nitrogens with zero attached hydrogens (tertiary/aromatic N) is 2. The number of rotatable bonds is 5. The average molecular weight is 472 g/mol. The largest absolute Gasteiger partial charge is 0.457 e. The lowest BCUT2D eigenvalue weighted by molar-refractivity contribution is -0.122. The number of thiophene rings is 1. The highest BCUT2D eigenvalue weighted by molar-refractivity contribution is 7.80. The fourth-order valence-electron chi connectivity index (χ4n) is 3.44. The van der Waals surface area contributed by atoms with Crippen molar-refractivity contribution in [3.8, 4) is 17.2 Å². The lowest BCUT2D eigenvalue weighted by Crippen LogP contribution is -2.54. The van der Waals surface area contributed by atoms with Gasteiger partial charge in [0.1, 0.15) is 17.1 Å². The number of hydrogen-bond donors (Lipinski definition) is 1. The van der Waals surface area contributed by atoms with Crippen LogP contribution in [0.25, 0.3) is 11.8 Å². The molecular weight excluding hydrogens is 454 g/mol. The van der Waals surface area contributed by atoms with Crippen molar-refractivity contribution in [2.45, 2.75) is 0 Å². The SMILES string of the molecule is O=C1NC(=S)N(c2ccc(Oc3ccccc3)cc2)C(=O)C1=Cc1sccc1-n1cccc1. The molecule has 4 aromatic rings. The molecule has 8 heteroatoms. The fourth-order valence-corrected chi connectivity index (χ4v) is 4.55. The Morgan fingerprint density at radius 1 is 0.879 bits per heavy atom. The number of amides is 2. The molecule has 6 nitrogen and oxygen atoms in total. The maximum absolute atomic E-state index is 13.3. The van der Waals surface area contributed by atoms with Crippen LogP contribution in [0.2, 0.25) is 0 Å². The van der Waals surface area contributed by atoms with Crippen molar-refractivity contribution in [3.63, 3.8) is 0 Å². The van der Waals surface area contributed by atoms with Crippen molar-refractivity contribution in [3.05, 3.63) is 101 Å². The molecule has 0 bridgehead atoms. The minimum atomic E-state index is -0.517. The molecule has 0 radical (unpaired) electrons. The first-order chi connectivity index (χ1) is 16.1. The quantitative estimate of drug-likeness (QED) is 0.248. The summed E-state index contributed by atoms with van der Waals surface area (Å²) in [5.74, 6) is 0.335. The molecule has 0 aliphatic carbocycles. The van der Waals surface area contributed by atoms with Gasteiger partial charge in [0, 0.05) is 12.4 Å². The molecule has 2 amide bonds. The van der Waals surface area contributed by atoms with Gasteiger partial charge in [0.05, 0.1) is 16.3 Å². The highest BCUT2D eigenvalue weighted by Crippen LogP contribution is 2.29. The third-order valence-corrected chi connectivity index (χ3v) is 6.14. The number of hydrogen-bond acceptors (Lipinski definition) is 5. The van der Waals surface area contributed by atoms with Crippen molar-refractivity contribution >= 4 is 52.2 Å². The van der Waals surface area contributed by atoms with Crippen LogP contribution in [-0.4, -0.2) is 21.5 Å². The van der Waals surface area contributed by atoms with Gasteiger partial charge in [0.15, 0.2) is 5.11 Å². The zero-order valence-electron chi connectivity index (χ0n) is 17.2. The molecule has 5 rings (SSSR count). The number of carbonyl (C=O) groups excluding carboxylic acids is 2. The van der Waals surface area contributed by atoms with E-state index in [1.807, 2.05) is 70.9 Å². The lowest BCUT2D eigenvalue weighted by atomic mass is 10.1. The van der Waals surface area contributed by atoms with Gasteiger partial charge in [-0.1, -0.05) is 18.2 Å². The molecule has 2 aromatic heterocycles. The van der Waals surface area contributed by atoms with Crippen LogP contribution >= 0.6 is 23.6 Å². The maximum Gasteiger partial charge on any atom is 0.270 e. The van der Waals surface area contributed by atoms with Crippen molar-refractivity contribution in [1.29, 1.82) is 0 Å². The third-order valence-electron chi connectivity index (χ3n) is 5.01. The smallest absolute Gasteiger partial charge is 0.270 e. The Hall–Kier alpha value is -4.01. The second-order valence-electron chi connectivity index (χ2n) is 7.13. The van der Waals surface area contributed by atoms with Crippen LogP contribution in [0.15, 0.2) is 96.1 Å². The van der Waals surface area contributed by atoms with Crippen LogP contribution in [0, 0.1) is 0 Å². The van der Waals surface area contributed by atoms with Gasteiger partial charge in [-0.25, -0.2) is 0 Å². The van der Waals surface area contributed by atoms with Gasteiger partial charge in [0.2, 0.25) is 0 Å². The van der Waals surface area contributed by atoms with E-state index in [-0.39, 0.29) is 10.7 Å². The van der Waals surface area contributed by atoms with E-state index in [4.69, 9.17) is 17.0 Å². The molecule has 0 spiro atoms. The Labute approximate surface area is 199 Å². The number of nitrogens with one attached hydrogen (secondary N) is 1. The molecule has 0 saturated carbocycles. The fraction of sp³-hybridized carbons (Fsp3) is 0. The van der Waals surface area contributed by atoms with Gasteiger partial charge in [0.25, 0.3) is 11.8 Å². The van der Waals surface area contributed by atoms with Crippen molar-refractivity contribution in [2.24, 2.45) is 0 Å². The molecule has 33 heavy (non-hydrogen) atoms. The highest BCUT2D eigenvalue weighted by atomic mass is 32.1. The number of carbonyl (C=O) groups is 2. The van der Waals surface area contributed by atoms with Crippen LogP contribution in [0.1, 0.15) is 4.88 Å². The Morgan fingerprint density at radius 3 is 2.30 bits per heavy atom. The summed E-state index contributed by atoms with van der Waals surface area (Å²) in [6.45, 7) is 0. The van der Waals surface area contributed by atoms with Crippen LogP contribution < -0.4 is 15.0 Å². The zero-order chi connectivity index (χ0) is 22.8. The normalized spacial score (nSPS) is 15.1. The number of thiocarbonyl (C=S) groups is 1. The summed E-state index contributed by atoms with van der Waals surface area (Å²) < 4.78 is 7.75. The molecule has 1 N–H and O–H groups in total. The van der Waals surface area contributed by atoms with E-state index in [2.05, 4.69) is 5.32 Å². The van der Waals surface area contributed by atoms with E-state index < -0.39 is 11.8 Å². The molecular formula is C25H17N3O3S2. The van der Waals surface area contributed by atoms with Gasteiger partial charge in [-0.05, 0) is 78.3 Å². The molecule has 3 heterocycles. The number of benzene rings is 2. The molecule has 1 aliphatic rings. The standard InChI is InChI=1S/C25H17N3O3S2/c29-23-20(16-22-21(12-15-33-22)27-13-4-5-14-27)24(30)28(25(32)26-23)17-8-10-19(11-9-17)31-18-6-2-1-3-7-18/h1-16H,(H,26,29,32). The summed E-state index contributed by atoms with van der Waals surface area (Å²) in [6.07, 6.45) is 5.43. The van der Waals surface area contributed by atoms with Crippen molar-refractivity contribution < 1.29 is 14.3 Å². The Kier molecular flexibility index (Phi) is 5.60. The molecule has 162 valence electrons. The van der Waals surface area contributed by atoms with E-state index in [1.165, 1.54) is 16.2 Å². The topological polar surface area (TPSA) is 63.6 Å². The Morgan fingerprint density at radius 2 is 1.58 bits per heavy atom. The van der Waals surface area contributed by atoms with E-state index in [1.54, 1.807) is 30.3 Å².